The second kappa shape index (κ2) is 5.57. The maximum atomic E-state index is 12.2. The molecule has 0 aliphatic rings. The number of hydrogen-bond donors (Lipinski definition) is 2. The van der Waals surface area contributed by atoms with E-state index in [-0.39, 0.29) is 17.2 Å². The number of nitrogens with one attached hydrogen (secondary N) is 1. The Morgan fingerprint density at radius 2 is 2.11 bits per heavy atom. The molecule has 0 fully saturated rings. The van der Waals surface area contributed by atoms with Gasteiger partial charge in [-0.15, -0.1) is 0 Å². The molecule has 0 saturated heterocycles. The maximum Gasteiger partial charge on any atom is 0.243 e. The van der Waals surface area contributed by atoms with Crippen LogP contribution in [0.15, 0.2) is 23.1 Å². The molecular weight excluding hydrogens is 266 g/mol. The molecule has 0 bridgehead atoms. The molecule has 0 aliphatic carbocycles. The molecule has 0 aromatic heterocycles. The number of nitriles is 1. The van der Waals surface area contributed by atoms with E-state index in [0.29, 0.717) is 5.56 Å². The Hall–Kier alpha value is -1.62. The van der Waals surface area contributed by atoms with E-state index >= 15 is 0 Å². The van der Waals surface area contributed by atoms with Gasteiger partial charge in [0.05, 0.1) is 29.5 Å². The van der Waals surface area contributed by atoms with Gasteiger partial charge in [0, 0.05) is 7.11 Å². The lowest BCUT2D eigenvalue weighted by atomic mass is 10.1. The van der Waals surface area contributed by atoms with Crippen LogP contribution in [0.2, 0.25) is 0 Å². The third kappa shape index (κ3) is 3.92. The average Bonchev–Trinajstić information content (AvgIpc) is 2.26. The van der Waals surface area contributed by atoms with Crippen molar-refractivity contribution in [1.82, 2.24) is 4.72 Å². The highest BCUT2D eigenvalue weighted by Crippen LogP contribution is 2.21. The first-order valence-corrected chi connectivity index (χ1v) is 7.03. The Kier molecular flexibility index (Phi) is 4.52. The monoisotopic (exact) mass is 283 g/mol. The molecule has 19 heavy (non-hydrogen) atoms. The fourth-order valence-corrected chi connectivity index (χ4v) is 3.18. The summed E-state index contributed by atoms with van der Waals surface area (Å²) in [5.74, 6) is 0. The van der Waals surface area contributed by atoms with Crippen LogP contribution < -0.4 is 10.5 Å². The number of nitrogens with two attached hydrogens (primary N) is 1. The number of ether oxygens (including phenoxy) is 1. The van der Waals surface area contributed by atoms with E-state index in [0.717, 1.165) is 0 Å². The fourth-order valence-electron chi connectivity index (χ4n) is 1.67. The zero-order valence-corrected chi connectivity index (χ0v) is 11.9. The molecule has 0 saturated carbocycles. The van der Waals surface area contributed by atoms with Gasteiger partial charge < -0.3 is 10.5 Å². The van der Waals surface area contributed by atoms with Crippen molar-refractivity contribution in [2.24, 2.45) is 0 Å². The lowest BCUT2D eigenvalue weighted by Gasteiger charge is -2.25. The van der Waals surface area contributed by atoms with Crippen molar-refractivity contribution >= 4 is 15.7 Å². The summed E-state index contributed by atoms with van der Waals surface area (Å²) in [6, 6.07) is 5.96. The molecule has 104 valence electrons. The molecule has 6 nitrogen and oxygen atoms in total. The number of sulfonamides is 1. The number of nitrogen functional groups attached to an aromatic ring is 1. The third-order valence-electron chi connectivity index (χ3n) is 2.34. The van der Waals surface area contributed by atoms with Crippen LogP contribution in [0.4, 0.5) is 5.69 Å². The van der Waals surface area contributed by atoms with Crippen LogP contribution in [0.3, 0.4) is 0 Å². The number of methoxy groups -OCH3 is 1. The van der Waals surface area contributed by atoms with Crippen molar-refractivity contribution in [2.45, 2.75) is 24.3 Å². The molecule has 1 aromatic rings. The molecule has 3 N–H and O–H groups in total. The highest BCUT2D eigenvalue weighted by atomic mass is 32.2. The second-order valence-corrected chi connectivity index (χ2v) is 6.44. The molecule has 0 radical (unpaired) electrons. The van der Waals surface area contributed by atoms with Gasteiger partial charge in [0.2, 0.25) is 10.0 Å². The van der Waals surface area contributed by atoms with E-state index < -0.39 is 15.6 Å². The molecule has 7 heteroatoms. The van der Waals surface area contributed by atoms with E-state index in [2.05, 4.69) is 4.72 Å². The van der Waals surface area contributed by atoms with Gasteiger partial charge in [-0.1, -0.05) is 0 Å². The Labute approximate surface area is 113 Å². The number of rotatable bonds is 5. The van der Waals surface area contributed by atoms with E-state index in [1.54, 1.807) is 13.8 Å². The minimum absolute atomic E-state index is 0.0415. The molecule has 1 aromatic carbocycles. The Morgan fingerprint density at radius 1 is 1.47 bits per heavy atom. The predicted molar refractivity (Wildman–Crippen MR) is 71.8 cm³/mol. The zero-order chi connectivity index (χ0) is 14.7. The summed E-state index contributed by atoms with van der Waals surface area (Å²) in [6.45, 7) is 3.63. The molecule has 0 amide bonds. The van der Waals surface area contributed by atoms with Gasteiger partial charge in [-0.05, 0) is 32.0 Å². The SMILES string of the molecule is COCC(C)(C)NS(=O)(=O)c1ccc(C#N)cc1N. The van der Waals surface area contributed by atoms with Crippen molar-refractivity contribution in [2.75, 3.05) is 19.5 Å². The number of benzene rings is 1. The van der Waals surface area contributed by atoms with Crippen molar-refractivity contribution in [1.29, 1.82) is 5.26 Å². The quantitative estimate of drug-likeness (QED) is 0.779. The van der Waals surface area contributed by atoms with Gasteiger partial charge in [0.25, 0.3) is 0 Å². The van der Waals surface area contributed by atoms with Crippen molar-refractivity contribution in [3.05, 3.63) is 23.8 Å². The molecule has 0 aliphatic heterocycles. The van der Waals surface area contributed by atoms with Gasteiger partial charge in [0.15, 0.2) is 0 Å². The largest absolute Gasteiger partial charge is 0.398 e. The van der Waals surface area contributed by atoms with Crippen molar-refractivity contribution in [3.8, 4) is 6.07 Å². The first kappa shape index (κ1) is 15.4. The summed E-state index contributed by atoms with van der Waals surface area (Å²) in [6.07, 6.45) is 0. The summed E-state index contributed by atoms with van der Waals surface area (Å²) < 4.78 is 31.9. The van der Waals surface area contributed by atoms with Gasteiger partial charge in [-0.25, -0.2) is 13.1 Å². The van der Waals surface area contributed by atoms with Crippen LogP contribution in [0.1, 0.15) is 19.4 Å². The molecule has 0 unspecified atom stereocenters. The topological polar surface area (TPSA) is 105 Å². The summed E-state index contributed by atoms with van der Waals surface area (Å²) in [7, 11) is -2.27. The lowest BCUT2D eigenvalue weighted by Crippen LogP contribution is -2.46. The smallest absolute Gasteiger partial charge is 0.243 e. The van der Waals surface area contributed by atoms with Crippen molar-refractivity contribution in [3.63, 3.8) is 0 Å². The summed E-state index contributed by atoms with van der Waals surface area (Å²) >= 11 is 0. The molecule has 0 spiro atoms. The van der Waals surface area contributed by atoms with Gasteiger partial charge in [-0.2, -0.15) is 5.26 Å². The summed E-state index contributed by atoms with van der Waals surface area (Å²) in [5, 5.41) is 8.73. The van der Waals surface area contributed by atoms with Gasteiger partial charge in [0.1, 0.15) is 4.90 Å². The predicted octanol–water partition coefficient (Wildman–Crippen LogP) is 0.844. The molecular formula is C12H17N3O3S. The number of nitrogens with zero attached hydrogens (tertiary/aromatic N) is 1. The average molecular weight is 283 g/mol. The van der Waals surface area contributed by atoms with Crippen LogP contribution in [-0.4, -0.2) is 27.7 Å². The van der Waals surface area contributed by atoms with Crippen LogP contribution >= 0.6 is 0 Å². The number of anilines is 1. The highest BCUT2D eigenvalue weighted by molar-refractivity contribution is 7.89. The summed E-state index contributed by atoms with van der Waals surface area (Å²) in [4.78, 5) is -0.0457. The van der Waals surface area contributed by atoms with Gasteiger partial charge in [-0.3, -0.25) is 0 Å². The third-order valence-corrected chi connectivity index (χ3v) is 4.12. The van der Waals surface area contributed by atoms with Crippen LogP contribution in [0.5, 0.6) is 0 Å². The van der Waals surface area contributed by atoms with Crippen LogP contribution in [0.25, 0.3) is 0 Å². The Bertz CT molecular complexity index is 603. The standard InChI is InChI=1S/C12H17N3O3S/c1-12(2,8-18-3)15-19(16,17)11-5-4-9(7-13)6-10(11)14/h4-6,15H,8,14H2,1-3H3. The first-order chi connectivity index (χ1) is 8.72. The van der Waals surface area contributed by atoms with E-state index in [4.69, 9.17) is 15.7 Å². The molecule has 0 heterocycles. The molecule has 0 atom stereocenters. The van der Waals surface area contributed by atoms with E-state index in [1.807, 2.05) is 6.07 Å². The lowest BCUT2D eigenvalue weighted by molar-refractivity contribution is 0.141. The maximum absolute atomic E-state index is 12.2. The summed E-state index contributed by atoms with van der Waals surface area (Å²) in [5.41, 5.74) is 5.27. The Balaban J connectivity index is 3.12. The van der Waals surface area contributed by atoms with E-state index in [9.17, 15) is 8.42 Å². The van der Waals surface area contributed by atoms with E-state index in [1.165, 1.54) is 25.3 Å². The normalized spacial score (nSPS) is 12.1. The molecule has 1 rings (SSSR count). The first-order valence-electron chi connectivity index (χ1n) is 5.54. The fraction of sp³-hybridized carbons (Fsp3) is 0.417. The van der Waals surface area contributed by atoms with Gasteiger partial charge >= 0.3 is 0 Å². The second-order valence-electron chi connectivity index (χ2n) is 4.79. The number of hydrogen-bond acceptors (Lipinski definition) is 5. The van der Waals surface area contributed by atoms with Crippen LogP contribution in [0, 0.1) is 11.3 Å². The van der Waals surface area contributed by atoms with Crippen LogP contribution in [-0.2, 0) is 14.8 Å². The van der Waals surface area contributed by atoms with Crippen molar-refractivity contribution < 1.29 is 13.2 Å². The minimum atomic E-state index is -3.76. The minimum Gasteiger partial charge on any atom is -0.398 e. The highest BCUT2D eigenvalue weighted by Gasteiger charge is 2.27. The zero-order valence-electron chi connectivity index (χ0n) is 11.1. The Morgan fingerprint density at radius 3 is 2.58 bits per heavy atom.